The lowest BCUT2D eigenvalue weighted by Crippen LogP contribution is -1.77. The summed E-state index contributed by atoms with van der Waals surface area (Å²) in [6.45, 7) is 0. The second-order valence-corrected chi connectivity index (χ2v) is 3.26. The van der Waals surface area contributed by atoms with E-state index in [1.165, 1.54) is 12.1 Å². The molecule has 2 aromatic rings. The molecule has 13 heavy (non-hydrogen) atoms. The van der Waals surface area contributed by atoms with Crippen LogP contribution in [0, 0.1) is 5.82 Å². The van der Waals surface area contributed by atoms with Gasteiger partial charge in [-0.25, -0.2) is 9.37 Å². The Morgan fingerprint density at radius 2 is 1.92 bits per heavy atom. The molecule has 0 atom stereocenters. The van der Waals surface area contributed by atoms with E-state index in [0.29, 0.717) is 10.6 Å². The van der Waals surface area contributed by atoms with Crippen LogP contribution < -0.4 is 0 Å². The SMILES string of the molecule is Fc1ccc(-c2ncc(Br)o2)cc1. The van der Waals surface area contributed by atoms with Crippen molar-refractivity contribution < 1.29 is 8.81 Å². The largest absolute Gasteiger partial charge is 0.429 e. The first-order valence-corrected chi connectivity index (χ1v) is 4.42. The van der Waals surface area contributed by atoms with Crippen LogP contribution in [0.4, 0.5) is 4.39 Å². The number of halogens is 2. The van der Waals surface area contributed by atoms with E-state index in [1.807, 2.05) is 0 Å². The van der Waals surface area contributed by atoms with Gasteiger partial charge < -0.3 is 4.42 Å². The van der Waals surface area contributed by atoms with Crippen molar-refractivity contribution in [3.8, 4) is 11.5 Å². The molecule has 1 aromatic heterocycles. The number of aromatic nitrogens is 1. The Balaban J connectivity index is 2.41. The average Bonchev–Trinajstić information content (AvgIpc) is 2.53. The molecule has 0 unspecified atom stereocenters. The van der Waals surface area contributed by atoms with Gasteiger partial charge in [-0.15, -0.1) is 0 Å². The maximum atomic E-state index is 12.5. The molecular formula is C9H5BrFNO. The van der Waals surface area contributed by atoms with Crippen LogP contribution in [-0.2, 0) is 0 Å². The molecule has 0 aliphatic carbocycles. The molecule has 0 aliphatic rings. The zero-order valence-corrected chi connectivity index (χ0v) is 8.08. The molecule has 0 aliphatic heterocycles. The van der Waals surface area contributed by atoms with Gasteiger partial charge in [0.05, 0.1) is 6.20 Å². The molecule has 4 heteroatoms. The zero-order valence-electron chi connectivity index (χ0n) is 6.50. The number of hydrogen-bond acceptors (Lipinski definition) is 2. The fourth-order valence-electron chi connectivity index (χ4n) is 0.980. The molecule has 1 heterocycles. The van der Waals surface area contributed by atoms with Crippen LogP contribution in [0.2, 0.25) is 0 Å². The fraction of sp³-hybridized carbons (Fsp3) is 0. The Hall–Kier alpha value is -1.16. The van der Waals surface area contributed by atoms with Crippen molar-refractivity contribution in [2.45, 2.75) is 0 Å². The molecule has 1 aromatic carbocycles. The monoisotopic (exact) mass is 241 g/mol. The molecule has 0 saturated carbocycles. The Morgan fingerprint density at radius 3 is 2.46 bits per heavy atom. The summed E-state index contributed by atoms with van der Waals surface area (Å²) in [6.07, 6.45) is 1.55. The number of hydrogen-bond donors (Lipinski definition) is 0. The van der Waals surface area contributed by atoms with E-state index in [4.69, 9.17) is 4.42 Å². The second-order valence-electron chi connectivity index (χ2n) is 2.48. The highest BCUT2D eigenvalue weighted by Gasteiger charge is 2.03. The minimum atomic E-state index is -0.269. The predicted molar refractivity (Wildman–Crippen MR) is 49.6 cm³/mol. The molecular weight excluding hydrogens is 237 g/mol. The molecule has 66 valence electrons. The first kappa shape index (κ1) is 8.44. The predicted octanol–water partition coefficient (Wildman–Crippen LogP) is 3.24. The molecule has 0 N–H and O–H groups in total. The maximum absolute atomic E-state index is 12.5. The highest BCUT2D eigenvalue weighted by molar-refractivity contribution is 9.10. The van der Waals surface area contributed by atoms with E-state index in [-0.39, 0.29) is 5.82 Å². The lowest BCUT2D eigenvalue weighted by atomic mass is 10.2. The van der Waals surface area contributed by atoms with Crippen LogP contribution in [0.15, 0.2) is 39.5 Å². The summed E-state index contributed by atoms with van der Waals surface area (Å²) in [5.41, 5.74) is 0.757. The Kier molecular flexibility index (Phi) is 2.14. The Morgan fingerprint density at radius 1 is 1.23 bits per heavy atom. The highest BCUT2D eigenvalue weighted by Crippen LogP contribution is 2.21. The summed E-state index contributed by atoms with van der Waals surface area (Å²) in [5.74, 6) is 0.209. The summed E-state index contributed by atoms with van der Waals surface area (Å²) < 4.78 is 18.3. The van der Waals surface area contributed by atoms with Gasteiger partial charge in [-0.1, -0.05) is 0 Å². The van der Waals surface area contributed by atoms with E-state index in [9.17, 15) is 4.39 Å². The third-order valence-electron chi connectivity index (χ3n) is 1.57. The summed E-state index contributed by atoms with van der Waals surface area (Å²) in [4.78, 5) is 3.98. The third kappa shape index (κ3) is 1.78. The van der Waals surface area contributed by atoms with Crippen molar-refractivity contribution in [3.05, 3.63) is 40.9 Å². The number of nitrogens with zero attached hydrogens (tertiary/aromatic N) is 1. The van der Waals surface area contributed by atoms with Crippen LogP contribution in [0.5, 0.6) is 0 Å². The summed E-state index contributed by atoms with van der Waals surface area (Å²) in [7, 11) is 0. The zero-order chi connectivity index (χ0) is 9.26. The average molecular weight is 242 g/mol. The summed E-state index contributed by atoms with van der Waals surface area (Å²) in [6, 6.07) is 5.97. The standard InChI is InChI=1S/C9H5BrFNO/c10-8-5-12-9(13-8)6-1-3-7(11)4-2-6/h1-5H. The van der Waals surface area contributed by atoms with Crippen molar-refractivity contribution in [2.75, 3.05) is 0 Å². The fourth-order valence-corrected chi connectivity index (χ4v) is 1.24. The van der Waals surface area contributed by atoms with Crippen LogP contribution in [-0.4, -0.2) is 4.98 Å². The smallest absolute Gasteiger partial charge is 0.227 e. The third-order valence-corrected chi connectivity index (χ3v) is 1.94. The second kappa shape index (κ2) is 3.30. The topological polar surface area (TPSA) is 26.0 Å². The van der Waals surface area contributed by atoms with Gasteiger partial charge in [0, 0.05) is 5.56 Å². The van der Waals surface area contributed by atoms with Gasteiger partial charge in [0.1, 0.15) is 5.82 Å². The molecule has 0 bridgehead atoms. The van der Waals surface area contributed by atoms with Gasteiger partial charge in [-0.3, -0.25) is 0 Å². The maximum Gasteiger partial charge on any atom is 0.227 e. The first-order valence-electron chi connectivity index (χ1n) is 3.63. The first-order chi connectivity index (χ1) is 6.25. The van der Waals surface area contributed by atoms with Crippen LogP contribution in [0.1, 0.15) is 0 Å². The van der Waals surface area contributed by atoms with Crippen LogP contribution in [0.3, 0.4) is 0 Å². The molecule has 2 rings (SSSR count). The number of oxazole rings is 1. The van der Waals surface area contributed by atoms with E-state index in [2.05, 4.69) is 20.9 Å². The van der Waals surface area contributed by atoms with Crippen molar-refractivity contribution in [1.29, 1.82) is 0 Å². The molecule has 0 fully saturated rings. The quantitative estimate of drug-likeness (QED) is 0.767. The normalized spacial score (nSPS) is 10.3. The van der Waals surface area contributed by atoms with Gasteiger partial charge in [0.25, 0.3) is 0 Å². The minimum absolute atomic E-state index is 0.269. The molecule has 0 spiro atoms. The lowest BCUT2D eigenvalue weighted by molar-refractivity contribution is 0.549. The van der Waals surface area contributed by atoms with Gasteiger partial charge in [-0.05, 0) is 40.2 Å². The summed E-state index contributed by atoms with van der Waals surface area (Å²) >= 11 is 3.14. The van der Waals surface area contributed by atoms with Gasteiger partial charge in [-0.2, -0.15) is 0 Å². The van der Waals surface area contributed by atoms with E-state index < -0.39 is 0 Å². The van der Waals surface area contributed by atoms with Crippen molar-refractivity contribution in [1.82, 2.24) is 4.98 Å². The minimum Gasteiger partial charge on any atom is -0.429 e. The molecule has 2 nitrogen and oxygen atoms in total. The summed E-state index contributed by atoms with van der Waals surface area (Å²) in [5, 5.41) is 0. The Labute approximate surface area is 82.5 Å². The lowest BCUT2D eigenvalue weighted by Gasteiger charge is -1.93. The van der Waals surface area contributed by atoms with Gasteiger partial charge >= 0.3 is 0 Å². The molecule has 0 amide bonds. The number of rotatable bonds is 1. The highest BCUT2D eigenvalue weighted by atomic mass is 79.9. The van der Waals surface area contributed by atoms with E-state index in [0.717, 1.165) is 5.56 Å². The van der Waals surface area contributed by atoms with Crippen molar-refractivity contribution in [3.63, 3.8) is 0 Å². The molecule has 0 radical (unpaired) electrons. The van der Waals surface area contributed by atoms with Crippen LogP contribution >= 0.6 is 15.9 Å². The van der Waals surface area contributed by atoms with E-state index >= 15 is 0 Å². The Bertz CT molecular complexity index is 410. The van der Waals surface area contributed by atoms with Gasteiger partial charge in [0.2, 0.25) is 5.89 Å². The van der Waals surface area contributed by atoms with Crippen LogP contribution in [0.25, 0.3) is 11.5 Å². The van der Waals surface area contributed by atoms with Gasteiger partial charge in [0.15, 0.2) is 4.67 Å². The van der Waals surface area contributed by atoms with Crippen molar-refractivity contribution >= 4 is 15.9 Å². The number of benzene rings is 1. The van der Waals surface area contributed by atoms with E-state index in [1.54, 1.807) is 18.3 Å². The molecule has 0 saturated heterocycles. The van der Waals surface area contributed by atoms with Crippen molar-refractivity contribution in [2.24, 2.45) is 0 Å².